The summed E-state index contributed by atoms with van der Waals surface area (Å²) in [4.78, 5) is 33.7. The minimum atomic E-state index is -4.61. The van der Waals surface area contributed by atoms with E-state index in [1.807, 2.05) is 38.1 Å². The standard InChI is InChI=1S/C27H24F3N3O3S2/c1-14-5-4-6-17(11-14)24-22(32-16(3)38-24)26(35)33-9-10-37-21(33)13-31-25(34)18-7-8-20(27(28,29)30)23-19(18)12-15(2)36-23/h4-8,11-12,21H,9-10,13H2,1-3H3,(H,31,34). The highest BCUT2D eigenvalue weighted by molar-refractivity contribution is 8.00. The maximum Gasteiger partial charge on any atom is 0.420 e. The molecule has 2 aromatic carbocycles. The fourth-order valence-corrected chi connectivity index (χ4v) is 6.62. The number of fused-ring (bicyclic) bond motifs is 1. The number of furan rings is 1. The second kappa shape index (κ2) is 10.1. The zero-order chi connectivity index (χ0) is 27.2. The number of hydrogen-bond acceptors (Lipinski definition) is 6. The molecule has 0 saturated carbocycles. The number of nitrogens with zero attached hydrogens (tertiary/aromatic N) is 2. The fourth-order valence-electron chi connectivity index (χ4n) is 4.56. The Morgan fingerprint density at radius 2 is 1.95 bits per heavy atom. The molecule has 11 heteroatoms. The number of benzene rings is 2. The molecule has 1 aliphatic rings. The van der Waals surface area contributed by atoms with Gasteiger partial charge in [-0.25, -0.2) is 4.98 Å². The molecule has 1 N–H and O–H groups in total. The number of thiazole rings is 1. The topological polar surface area (TPSA) is 75.4 Å². The first kappa shape index (κ1) is 26.3. The first-order chi connectivity index (χ1) is 18.0. The Balaban J connectivity index is 1.35. The maximum absolute atomic E-state index is 13.6. The third-order valence-electron chi connectivity index (χ3n) is 6.26. The monoisotopic (exact) mass is 559 g/mol. The number of halogens is 3. The lowest BCUT2D eigenvalue weighted by Crippen LogP contribution is -2.42. The molecule has 0 spiro atoms. The van der Waals surface area contributed by atoms with E-state index in [1.54, 1.807) is 4.90 Å². The van der Waals surface area contributed by atoms with Gasteiger partial charge in [0.1, 0.15) is 17.0 Å². The van der Waals surface area contributed by atoms with Crippen molar-refractivity contribution in [1.82, 2.24) is 15.2 Å². The number of alkyl halides is 3. The van der Waals surface area contributed by atoms with Crippen LogP contribution in [0.5, 0.6) is 0 Å². The van der Waals surface area contributed by atoms with Gasteiger partial charge in [0.2, 0.25) is 0 Å². The van der Waals surface area contributed by atoms with E-state index in [9.17, 15) is 22.8 Å². The van der Waals surface area contributed by atoms with Gasteiger partial charge in [0.05, 0.1) is 26.4 Å². The minimum Gasteiger partial charge on any atom is -0.461 e. The van der Waals surface area contributed by atoms with E-state index in [0.29, 0.717) is 18.0 Å². The van der Waals surface area contributed by atoms with Crippen LogP contribution in [0.1, 0.15) is 42.7 Å². The van der Waals surface area contributed by atoms with Gasteiger partial charge in [0, 0.05) is 24.2 Å². The van der Waals surface area contributed by atoms with Crippen molar-refractivity contribution in [3.8, 4) is 10.4 Å². The highest BCUT2D eigenvalue weighted by Gasteiger charge is 2.36. The molecule has 6 nitrogen and oxygen atoms in total. The maximum atomic E-state index is 13.6. The number of thioether (sulfide) groups is 1. The Labute approximate surface area is 225 Å². The van der Waals surface area contributed by atoms with E-state index >= 15 is 0 Å². The number of amides is 2. The molecule has 1 aliphatic heterocycles. The molecule has 0 radical (unpaired) electrons. The molecular weight excluding hydrogens is 535 g/mol. The van der Waals surface area contributed by atoms with Gasteiger partial charge in [-0.2, -0.15) is 13.2 Å². The van der Waals surface area contributed by atoms with Crippen molar-refractivity contribution in [1.29, 1.82) is 0 Å². The van der Waals surface area contributed by atoms with E-state index in [4.69, 9.17) is 4.42 Å². The van der Waals surface area contributed by atoms with Crippen LogP contribution in [0.25, 0.3) is 21.4 Å². The van der Waals surface area contributed by atoms with Gasteiger partial charge in [0.25, 0.3) is 11.8 Å². The summed E-state index contributed by atoms with van der Waals surface area (Å²) in [6, 6.07) is 11.3. The summed E-state index contributed by atoms with van der Waals surface area (Å²) in [6.45, 7) is 6.02. The molecule has 4 aromatic rings. The van der Waals surface area contributed by atoms with Gasteiger partial charge in [-0.05, 0) is 44.5 Å². The van der Waals surface area contributed by atoms with Crippen LogP contribution in [0, 0.1) is 20.8 Å². The van der Waals surface area contributed by atoms with Gasteiger partial charge in [-0.3, -0.25) is 9.59 Å². The molecule has 0 aliphatic carbocycles. The fraction of sp³-hybridized carbons (Fsp3) is 0.296. The molecule has 0 bridgehead atoms. The lowest BCUT2D eigenvalue weighted by atomic mass is 10.0. The largest absolute Gasteiger partial charge is 0.461 e. The SMILES string of the molecule is Cc1cccc(-c2sc(C)nc2C(=O)N2CCSC2CNC(=O)c2ccc(C(F)(F)F)c3oc(C)cc23)c1. The van der Waals surface area contributed by atoms with Crippen LogP contribution < -0.4 is 5.32 Å². The van der Waals surface area contributed by atoms with Gasteiger partial charge in [-0.15, -0.1) is 23.1 Å². The van der Waals surface area contributed by atoms with E-state index in [1.165, 1.54) is 36.1 Å². The highest BCUT2D eigenvalue weighted by Crippen LogP contribution is 2.38. The van der Waals surface area contributed by atoms with Crippen LogP contribution >= 0.6 is 23.1 Å². The van der Waals surface area contributed by atoms with Crippen LogP contribution in [0.3, 0.4) is 0 Å². The number of nitrogens with one attached hydrogen (secondary N) is 1. The van der Waals surface area contributed by atoms with Crippen molar-refractivity contribution >= 4 is 45.9 Å². The van der Waals surface area contributed by atoms with Crippen molar-refractivity contribution < 1.29 is 27.2 Å². The highest BCUT2D eigenvalue weighted by atomic mass is 32.2. The predicted octanol–water partition coefficient (Wildman–Crippen LogP) is 6.45. The normalized spacial score (nSPS) is 15.8. The third-order valence-corrected chi connectivity index (χ3v) is 8.51. The summed E-state index contributed by atoms with van der Waals surface area (Å²) in [5, 5.41) is 3.34. The zero-order valence-electron chi connectivity index (χ0n) is 20.8. The number of aromatic nitrogens is 1. The Morgan fingerprint density at radius 3 is 2.68 bits per heavy atom. The van der Waals surface area contributed by atoms with Crippen LogP contribution in [-0.2, 0) is 6.18 Å². The quantitative estimate of drug-likeness (QED) is 0.304. The minimum absolute atomic E-state index is 0.0857. The first-order valence-electron chi connectivity index (χ1n) is 11.9. The second-order valence-corrected chi connectivity index (χ2v) is 11.6. The Bertz CT molecular complexity index is 1540. The van der Waals surface area contributed by atoms with E-state index in [-0.39, 0.29) is 40.1 Å². The van der Waals surface area contributed by atoms with Gasteiger partial charge in [-0.1, -0.05) is 29.8 Å². The molecule has 1 atom stereocenters. The Morgan fingerprint density at radius 1 is 1.16 bits per heavy atom. The molecule has 1 saturated heterocycles. The molecule has 2 amide bonds. The number of carbonyl (C=O) groups excluding carboxylic acids is 2. The summed E-state index contributed by atoms with van der Waals surface area (Å²) in [5.41, 5.74) is 1.19. The Hall–Kier alpha value is -3.31. The first-order valence-corrected chi connectivity index (χ1v) is 13.7. The smallest absolute Gasteiger partial charge is 0.420 e. The van der Waals surface area contributed by atoms with E-state index in [0.717, 1.165) is 33.1 Å². The molecule has 3 heterocycles. The summed E-state index contributed by atoms with van der Waals surface area (Å²) in [6.07, 6.45) is -4.61. The lowest BCUT2D eigenvalue weighted by molar-refractivity contribution is -0.136. The molecule has 38 heavy (non-hydrogen) atoms. The average Bonchev–Trinajstić information content (AvgIpc) is 3.58. The van der Waals surface area contributed by atoms with Gasteiger partial charge < -0.3 is 14.6 Å². The van der Waals surface area contributed by atoms with Crippen LogP contribution in [0.15, 0.2) is 46.9 Å². The summed E-state index contributed by atoms with van der Waals surface area (Å²) in [7, 11) is 0. The molecular formula is C27H24F3N3O3S2. The molecule has 198 valence electrons. The third kappa shape index (κ3) is 5.04. The number of aryl methyl sites for hydroxylation is 3. The average molecular weight is 560 g/mol. The zero-order valence-corrected chi connectivity index (χ0v) is 22.4. The molecule has 1 fully saturated rings. The van der Waals surface area contributed by atoms with Gasteiger partial charge >= 0.3 is 6.18 Å². The lowest BCUT2D eigenvalue weighted by Gasteiger charge is -2.24. The Kier molecular flexibility index (Phi) is 6.99. The van der Waals surface area contributed by atoms with Crippen LogP contribution in [0.2, 0.25) is 0 Å². The van der Waals surface area contributed by atoms with Crippen molar-refractivity contribution in [3.63, 3.8) is 0 Å². The van der Waals surface area contributed by atoms with Crippen LogP contribution in [-0.4, -0.2) is 45.9 Å². The molecule has 2 aromatic heterocycles. The second-order valence-electron chi connectivity index (χ2n) is 9.07. The van der Waals surface area contributed by atoms with Crippen molar-refractivity contribution in [2.45, 2.75) is 32.3 Å². The van der Waals surface area contributed by atoms with Crippen molar-refractivity contribution in [2.75, 3.05) is 18.8 Å². The van der Waals surface area contributed by atoms with E-state index in [2.05, 4.69) is 10.3 Å². The number of rotatable bonds is 5. The van der Waals surface area contributed by atoms with Crippen molar-refractivity contribution in [2.24, 2.45) is 0 Å². The van der Waals surface area contributed by atoms with E-state index < -0.39 is 17.6 Å². The molecule has 5 rings (SSSR count). The number of carbonyl (C=O) groups is 2. The summed E-state index contributed by atoms with van der Waals surface area (Å²) in [5.74, 6) is 0.226. The predicted molar refractivity (Wildman–Crippen MR) is 143 cm³/mol. The van der Waals surface area contributed by atoms with Gasteiger partial charge in [0.15, 0.2) is 0 Å². The molecule has 1 unspecified atom stereocenters. The number of hydrogen-bond donors (Lipinski definition) is 1. The summed E-state index contributed by atoms with van der Waals surface area (Å²) < 4.78 is 45.6. The van der Waals surface area contributed by atoms with Crippen molar-refractivity contribution in [3.05, 3.63) is 75.6 Å². The summed E-state index contributed by atoms with van der Waals surface area (Å²) >= 11 is 3.00. The van der Waals surface area contributed by atoms with Crippen LogP contribution in [0.4, 0.5) is 13.2 Å².